The number of rotatable bonds is 5. The largest absolute Gasteiger partial charge is 0.504 e. The highest BCUT2D eigenvalue weighted by Gasteiger charge is 2.29. The van der Waals surface area contributed by atoms with E-state index < -0.39 is 0 Å². The minimum atomic E-state index is 0.201. The summed E-state index contributed by atoms with van der Waals surface area (Å²) in [6.07, 6.45) is 3.32. The Morgan fingerprint density at radius 1 is 1.03 bits per heavy atom. The molecule has 0 radical (unpaired) electrons. The zero-order chi connectivity index (χ0) is 21.3. The number of hydrogen-bond acceptors (Lipinski definition) is 3. The highest BCUT2D eigenvalue weighted by atomic mass is 16.5. The number of aromatic nitrogens is 1. The number of phenols is 1. The van der Waals surface area contributed by atoms with E-state index in [1.807, 2.05) is 19.1 Å². The van der Waals surface area contributed by atoms with Crippen molar-refractivity contribution in [2.75, 3.05) is 13.2 Å². The van der Waals surface area contributed by atoms with Gasteiger partial charge in [-0.3, -0.25) is 4.90 Å². The Labute approximate surface area is 179 Å². The number of hydrogen-bond donors (Lipinski definition) is 1. The van der Waals surface area contributed by atoms with Crippen molar-refractivity contribution in [1.82, 2.24) is 9.47 Å². The van der Waals surface area contributed by atoms with Gasteiger partial charge in [0.1, 0.15) is 0 Å². The van der Waals surface area contributed by atoms with Crippen LogP contribution in [0.4, 0.5) is 0 Å². The van der Waals surface area contributed by atoms with E-state index >= 15 is 0 Å². The van der Waals surface area contributed by atoms with Gasteiger partial charge in [-0.25, -0.2) is 0 Å². The van der Waals surface area contributed by atoms with E-state index in [0.29, 0.717) is 12.4 Å². The summed E-state index contributed by atoms with van der Waals surface area (Å²) >= 11 is 0. The lowest BCUT2D eigenvalue weighted by atomic mass is 9.91. The van der Waals surface area contributed by atoms with Crippen LogP contribution >= 0.6 is 0 Å². The molecule has 2 aromatic carbocycles. The molecule has 1 unspecified atom stereocenters. The molecule has 2 heterocycles. The number of phenolic OH excluding ortho intramolecular Hbond substituents is 1. The number of fused-ring (bicyclic) bond motifs is 1. The van der Waals surface area contributed by atoms with Crippen LogP contribution < -0.4 is 4.74 Å². The molecule has 3 aromatic rings. The highest BCUT2D eigenvalue weighted by molar-refractivity contribution is 5.45. The lowest BCUT2D eigenvalue weighted by Crippen LogP contribution is -2.30. The van der Waals surface area contributed by atoms with E-state index in [1.165, 1.54) is 27.9 Å². The maximum Gasteiger partial charge on any atom is 0.161 e. The van der Waals surface area contributed by atoms with Crippen molar-refractivity contribution in [3.05, 3.63) is 82.2 Å². The molecule has 30 heavy (non-hydrogen) atoms. The van der Waals surface area contributed by atoms with Gasteiger partial charge in [0, 0.05) is 31.5 Å². The number of ether oxygens (including phenoxy) is 1. The summed E-state index contributed by atoms with van der Waals surface area (Å²) in [6, 6.07) is 15.0. The first-order chi connectivity index (χ1) is 14.5. The lowest BCUT2D eigenvalue weighted by Gasteiger charge is -2.33. The van der Waals surface area contributed by atoms with E-state index in [1.54, 1.807) is 6.07 Å². The van der Waals surface area contributed by atoms with Gasteiger partial charge >= 0.3 is 0 Å². The van der Waals surface area contributed by atoms with E-state index in [2.05, 4.69) is 60.7 Å². The quantitative estimate of drug-likeness (QED) is 0.609. The molecule has 0 aliphatic carbocycles. The minimum absolute atomic E-state index is 0.201. The predicted octanol–water partition coefficient (Wildman–Crippen LogP) is 5.51. The van der Waals surface area contributed by atoms with Crippen LogP contribution in [-0.2, 0) is 13.1 Å². The van der Waals surface area contributed by atoms with Crippen LogP contribution in [-0.4, -0.2) is 27.7 Å². The molecule has 0 saturated heterocycles. The molecular weight excluding hydrogens is 372 g/mol. The molecule has 1 aliphatic rings. The zero-order valence-corrected chi connectivity index (χ0v) is 18.5. The van der Waals surface area contributed by atoms with Crippen molar-refractivity contribution in [2.45, 2.75) is 53.2 Å². The van der Waals surface area contributed by atoms with Crippen LogP contribution in [0.1, 0.15) is 52.9 Å². The molecule has 1 aliphatic heterocycles. The number of nitrogens with zero attached hydrogens (tertiary/aromatic N) is 2. The van der Waals surface area contributed by atoms with Gasteiger partial charge in [0.25, 0.3) is 0 Å². The van der Waals surface area contributed by atoms with Crippen molar-refractivity contribution < 1.29 is 9.84 Å². The fourth-order valence-electron chi connectivity index (χ4n) is 4.93. The van der Waals surface area contributed by atoms with Crippen molar-refractivity contribution in [3.8, 4) is 11.5 Å². The van der Waals surface area contributed by atoms with Crippen LogP contribution in [0, 0.1) is 20.8 Å². The topological polar surface area (TPSA) is 37.6 Å². The fraction of sp³-hybridized carbons (Fsp3) is 0.385. The summed E-state index contributed by atoms with van der Waals surface area (Å²) in [5.74, 6) is 0.763. The maximum absolute atomic E-state index is 10.1. The summed E-state index contributed by atoms with van der Waals surface area (Å²) in [5, 5.41) is 10.1. The van der Waals surface area contributed by atoms with Crippen LogP contribution in [0.15, 0.2) is 48.7 Å². The molecule has 0 bridgehead atoms. The van der Waals surface area contributed by atoms with Gasteiger partial charge in [0.05, 0.1) is 12.6 Å². The van der Waals surface area contributed by atoms with Gasteiger partial charge in [-0.1, -0.05) is 23.8 Å². The summed E-state index contributed by atoms with van der Waals surface area (Å²) < 4.78 is 8.03. The maximum atomic E-state index is 10.1. The lowest BCUT2D eigenvalue weighted by molar-refractivity contribution is 0.218. The smallest absolute Gasteiger partial charge is 0.161 e. The van der Waals surface area contributed by atoms with Gasteiger partial charge in [-0.15, -0.1) is 0 Å². The second-order valence-electron chi connectivity index (χ2n) is 8.40. The fourth-order valence-corrected chi connectivity index (χ4v) is 4.93. The molecule has 0 amide bonds. The Hall–Kier alpha value is -2.72. The summed E-state index contributed by atoms with van der Waals surface area (Å²) in [6.45, 7) is 12.0. The van der Waals surface area contributed by atoms with Crippen LogP contribution in [0.2, 0.25) is 0 Å². The number of benzene rings is 2. The Kier molecular flexibility index (Phi) is 5.87. The third-order valence-electron chi connectivity index (χ3n) is 6.08. The molecular formula is C26H32N2O2. The van der Waals surface area contributed by atoms with E-state index in [4.69, 9.17) is 4.74 Å². The second kappa shape index (κ2) is 8.57. The Bertz CT molecular complexity index is 1010. The third kappa shape index (κ3) is 3.97. The SMILES string of the molecule is CCOc1cc(CN2CCCn3cccc3C2c2c(C)cc(C)cc2C)ccc1O. The molecule has 0 saturated carbocycles. The Morgan fingerprint density at radius 2 is 1.80 bits per heavy atom. The van der Waals surface area contributed by atoms with Gasteiger partial charge in [-0.05, 0) is 80.6 Å². The van der Waals surface area contributed by atoms with E-state index in [9.17, 15) is 5.11 Å². The Morgan fingerprint density at radius 3 is 2.53 bits per heavy atom. The van der Waals surface area contributed by atoms with Crippen molar-refractivity contribution in [1.29, 1.82) is 0 Å². The molecule has 1 aromatic heterocycles. The Balaban J connectivity index is 1.77. The molecule has 0 fully saturated rings. The molecule has 4 rings (SSSR count). The van der Waals surface area contributed by atoms with E-state index in [-0.39, 0.29) is 11.8 Å². The predicted molar refractivity (Wildman–Crippen MR) is 121 cm³/mol. The second-order valence-corrected chi connectivity index (χ2v) is 8.40. The van der Waals surface area contributed by atoms with Crippen molar-refractivity contribution >= 4 is 0 Å². The molecule has 158 valence electrons. The minimum Gasteiger partial charge on any atom is -0.504 e. The summed E-state index contributed by atoms with van der Waals surface area (Å²) in [5.41, 5.74) is 7.92. The molecule has 1 N–H and O–H groups in total. The normalized spacial score (nSPS) is 16.9. The first kappa shape index (κ1) is 20.5. The monoisotopic (exact) mass is 404 g/mol. The van der Waals surface area contributed by atoms with Crippen LogP contribution in [0.5, 0.6) is 11.5 Å². The third-order valence-corrected chi connectivity index (χ3v) is 6.08. The van der Waals surface area contributed by atoms with Gasteiger partial charge in [0.2, 0.25) is 0 Å². The van der Waals surface area contributed by atoms with Gasteiger partial charge in [-0.2, -0.15) is 0 Å². The summed E-state index contributed by atoms with van der Waals surface area (Å²) in [4.78, 5) is 2.58. The molecule has 4 heteroatoms. The van der Waals surface area contributed by atoms with Crippen molar-refractivity contribution in [2.24, 2.45) is 0 Å². The van der Waals surface area contributed by atoms with E-state index in [0.717, 1.165) is 31.6 Å². The first-order valence-corrected chi connectivity index (χ1v) is 10.9. The molecule has 4 nitrogen and oxygen atoms in total. The zero-order valence-electron chi connectivity index (χ0n) is 18.5. The molecule has 0 spiro atoms. The van der Waals surface area contributed by atoms with Crippen LogP contribution in [0.3, 0.4) is 0 Å². The van der Waals surface area contributed by atoms with Crippen molar-refractivity contribution in [3.63, 3.8) is 0 Å². The van der Waals surface area contributed by atoms with Gasteiger partial charge in [0.15, 0.2) is 11.5 Å². The average molecular weight is 405 g/mol. The number of aryl methyl sites for hydroxylation is 4. The average Bonchev–Trinajstić information content (AvgIpc) is 3.08. The number of aromatic hydroxyl groups is 1. The van der Waals surface area contributed by atoms with Crippen LogP contribution in [0.25, 0.3) is 0 Å². The highest BCUT2D eigenvalue weighted by Crippen LogP contribution is 2.37. The van der Waals surface area contributed by atoms with Gasteiger partial charge < -0.3 is 14.4 Å². The molecule has 1 atom stereocenters. The first-order valence-electron chi connectivity index (χ1n) is 10.9. The summed E-state index contributed by atoms with van der Waals surface area (Å²) in [7, 11) is 0. The standard InChI is InChI=1S/C26H32N2O2/c1-5-30-24-16-21(9-10-23(24)29)17-28-13-7-12-27-11-6-8-22(27)26(28)25-19(3)14-18(2)15-20(25)4/h6,8-11,14-16,26,29H,5,7,12-13,17H2,1-4H3.